The highest BCUT2D eigenvalue weighted by atomic mass is 19.2. The largest absolute Gasteiger partial charge is 0.316 e. The molecule has 86 valence electrons. The molecule has 1 aliphatic heterocycles. The highest BCUT2D eigenvalue weighted by Crippen LogP contribution is 2.19. The molecule has 0 amide bonds. The number of carbonyl (C=O) groups is 1. The van der Waals surface area contributed by atoms with Gasteiger partial charge in [-0.15, -0.1) is 0 Å². The molecular formula is C11H10F3NO. The molecule has 0 bridgehead atoms. The van der Waals surface area contributed by atoms with Gasteiger partial charge in [-0.3, -0.25) is 4.79 Å². The predicted octanol–water partition coefficient (Wildman–Crippen LogP) is 1.90. The van der Waals surface area contributed by atoms with E-state index in [-0.39, 0.29) is 17.9 Å². The van der Waals surface area contributed by atoms with Crippen molar-refractivity contribution >= 4 is 5.78 Å². The zero-order chi connectivity index (χ0) is 11.7. The van der Waals surface area contributed by atoms with Crippen LogP contribution in [0.25, 0.3) is 0 Å². The lowest BCUT2D eigenvalue weighted by atomic mass is 9.93. The molecule has 1 fully saturated rings. The van der Waals surface area contributed by atoms with Crippen LogP contribution in [0, 0.1) is 23.4 Å². The zero-order valence-corrected chi connectivity index (χ0v) is 8.40. The maximum atomic E-state index is 13.2. The second-order valence-corrected chi connectivity index (χ2v) is 3.87. The van der Waals surface area contributed by atoms with Crippen LogP contribution in [0.4, 0.5) is 13.2 Å². The quantitative estimate of drug-likeness (QED) is 0.633. The first-order valence-electron chi connectivity index (χ1n) is 4.97. The van der Waals surface area contributed by atoms with Crippen molar-refractivity contribution in [2.45, 2.75) is 6.42 Å². The van der Waals surface area contributed by atoms with Crippen molar-refractivity contribution in [2.24, 2.45) is 5.92 Å². The summed E-state index contributed by atoms with van der Waals surface area (Å²) in [4.78, 5) is 11.6. The number of nitrogens with one attached hydrogen (secondary N) is 1. The van der Waals surface area contributed by atoms with Gasteiger partial charge in [0.2, 0.25) is 0 Å². The van der Waals surface area contributed by atoms with E-state index in [1.165, 1.54) is 0 Å². The van der Waals surface area contributed by atoms with E-state index in [2.05, 4.69) is 5.32 Å². The molecule has 16 heavy (non-hydrogen) atoms. The Morgan fingerprint density at radius 2 is 1.94 bits per heavy atom. The Kier molecular flexibility index (Phi) is 2.96. The van der Waals surface area contributed by atoms with Crippen LogP contribution in [0.2, 0.25) is 0 Å². The Morgan fingerprint density at radius 3 is 2.50 bits per heavy atom. The molecule has 1 N–H and O–H groups in total. The topological polar surface area (TPSA) is 29.1 Å². The Hall–Kier alpha value is -1.36. The summed E-state index contributed by atoms with van der Waals surface area (Å²) in [6, 6.07) is 1.76. The highest BCUT2D eigenvalue weighted by molar-refractivity contribution is 5.96. The van der Waals surface area contributed by atoms with Gasteiger partial charge in [-0.1, -0.05) is 0 Å². The first kappa shape index (κ1) is 11.1. The average molecular weight is 229 g/mol. The summed E-state index contributed by atoms with van der Waals surface area (Å²) in [6.45, 7) is 1.41. The molecule has 1 aromatic rings. The number of hydrogen-bond acceptors (Lipinski definition) is 2. The van der Waals surface area contributed by atoms with Gasteiger partial charge >= 0.3 is 0 Å². The van der Waals surface area contributed by atoms with Gasteiger partial charge in [-0.25, -0.2) is 13.2 Å². The summed E-state index contributed by atoms with van der Waals surface area (Å²) < 4.78 is 38.7. The number of Topliss-reactive ketones (excluding diaryl/α,β-unsaturated/α-hetero) is 1. The average Bonchev–Trinajstić information content (AvgIpc) is 2.20. The van der Waals surface area contributed by atoms with Crippen LogP contribution in [-0.2, 0) is 0 Å². The van der Waals surface area contributed by atoms with Gasteiger partial charge in [0.1, 0.15) is 0 Å². The van der Waals surface area contributed by atoms with Crippen LogP contribution in [0.3, 0.4) is 0 Å². The third-order valence-electron chi connectivity index (χ3n) is 2.68. The maximum absolute atomic E-state index is 13.2. The molecule has 2 rings (SSSR count). The zero-order valence-electron chi connectivity index (χ0n) is 8.40. The minimum Gasteiger partial charge on any atom is -0.316 e. The van der Waals surface area contributed by atoms with Gasteiger partial charge in [0.05, 0.1) is 5.56 Å². The van der Waals surface area contributed by atoms with Crippen molar-refractivity contribution in [3.63, 3.8) is 0 Å². The van der Waals surface area contributed by atoms with Gasteiger partial charge in [-0.2, -0.15) is 0 Å². The standard InChI is InChI=1S/C11H10F3NO/c12-8-2-1-7(10(13)11(8)14)9(16)3-6-4-15-5-6/h1-2,6,15H,3-5H2. The molecule has 1 heterocycles. The Bertz CT molecular complexity index is 429. The summed E-state index contributed by atoms with van der Waals surface area (Å²) in [5, 5.41) is 2.97. The third-order valence-corrected chi connectivity index (χ3v) is 2.68. The monoisotopic (exact) mass is 229 g/mol. The molecule has 0 radical (unpaired) electrons. The summed E-state index contributed by atoms with van der Waals surface area (Å²) in [5.41, 5.74) is -0.370. The Labute approximate surface area is 90.5 Å². The first-order valence-corrected chi connectivity index (χ1v) is 4.97. The molecule has 0 aliphatic carbocycles. The van der Waals surface area contributed by atoms with E-state index in [9.17, 15) is 18.0 Å². The minimum absolute atomic E-state index is 0.162. The van der Waals surface area contributed by atoms with E-state index >= 15 is 0 Å². The van der Waals surface area contributed by atoms with E-state index in [1.807, 2.05) is 0 Å². The van der Waals surface area contributed by atoms with Crippen LogP contribution in [0.1, 0.15) is 16.8 Å². The first-order chi connectivity index (χ1) is 7.59. The number of hydrogen-bond donors (Lipinski definition) is 1. The van der Waals surface area contributed by atoms with Crippen LogP contribution in [0.15, 0.2) is 12.1 Å². The van der Waals surface area contributed by atoms with E-state index in [0.717, 1.165) is 12.1 Å². The van der Waals surface area contributed by atoms with Crippen molar-refractivity contribution in [1.82, 2.24) is 5.32 Å². The second-order valence-electron chi connectivity index (χ2n) is 3.87. The highest BCUT2D eigenvalue weighted by Gasteiger charge is 2.24. The van der Waals surface area contributed by atoms with Crippen molar-refractivity contribution in [2.75, 3.05) is 13.1 Å². The fraction of sp³-hybridized carbons (Fsp3) is 0.364. The summed E-state index contributed by atoms with van der Waals surface area (Å²) in [5.74, 6) is -4.57. The molecule has 1 saturated heterocycles. The van der Waals surface area contributed by atoms with E-state index in [1.54, 1.807) is 0 Å². The van der Waals surface area contributed by atoms with Crippen molar-refractivity contribution in [3.8, 4) is 0 Å². The molecule has 1 aromatic carbocycles. The second kappa shape index (κ2) is 4.25. The Morgan fingerprint density at radius 1 is 1.25 bits per heavy atom. The van der Waals surface area contributed by atoms with Gasteiger partial charge < -0.3 is 5.32 Å². The van der Waals surface area contributed by atoms with Crippen molar-refractivity contribution in [3.05, 3.63) is 35.1 Å². The molecule has 0 aromatic heterocycles. The third kappa shape index (κ3) is 1.95. The van der Waals surface area contributed by atoms with Crippen molar-refractivity contribution in [1.29, 1.82) is 0 Å². The van der Waals surface area contributed by atoms with Gasteiger partial charge in [-0.05, 0) is 31.1 Å². The molecule has 0 saturated carbocycles. The lowest BCUT2D eigenvalue weighted by Crippen LogP contribution is -2.43. The molecule has 0 unspecified atom stereocenters. The summed E-state index contributed by atoms with van der Waals surface area (Å²) in [6.07, 6.45) is 0.162. The fourth-order valence-electron chi connectivity index (χ4n) is 1.61. The molecule has 0 atom stereocenters. The van der Waals surface area contributed by atoms with Crippen LogP contribution in [-0.4, -0.2) is 18.9 Å². The van der Waals surface area contributed by atoms with Gasteiger partial charge in [0.15, 0.2) is 23.2 Å². The molecule has 1 aliphatic rings. The van der Waals surface area contributed by atoms with E-state index in [0.29, 0.717) is 13.1 Å². The maximum Gasteiger partial charge on any atom is 0.195 e. The Balaban J connectivity index is 2.19. The van der Waals surface area contributed by atoms with Crippen LogP contribution < -0.4 is 5.32 Å². The number of carbonyl (C=O) groups excluding carboxylic acids is 1. The number of halogens is 3. The van der Waals surface area contributed by atoms with Gasteiger partial charge in [0, 0.05) is 6.42 Å². The lowest BCUT2D eigenvalue weighted by molar-refractivity contribution is 0.0940. The van der Waals surface area contributed by atoms with Crippen LogP contribution in [0.5, 0.6) is 0 Å². The predicted molar refractivity (Wildman–Crippen MR) is 51.6 cm³/mol. The number of benzene rings is 1. The number of rotatable bonds is 3. The van der Waals surface area contributed by atoms with Crippen molar-refractivity contribution < 1.29 is 18.0 Å². The summed E-state index contributed by atoms with van der Waals surface area (Å²) in [7, 11) is 0. The van der Waals surface area contributed by atoms with E-state index in [4.69, 9.17) is 0 Å². The number of ketones is 1. The SMILES string of the molecule is O=C(CC1CNC1)c1ccc(F)c(F)c1F. The smallest absolute Gasteiger partial charge is 0.195 e. The van der Waals surface area contributed by atoms with E-state index < -0.39 is 23.2 Å². The fourth-order valence-corrected chi connectivity index (χ4v) is 1.61. The molecule has 5 heteroatoms. The molecule has 2 nitrogen and oxygen atoms in total. The van der Waals surface area contributed by atoms with Crippen LogP contribution >= 0.6 is 0 Å². The summed E-state index contributed by atoms with van der Waals surface area (Å²) >= 11 is 0. The molecule has 0 spiro atoms. The minimum atomic E-state index is -1.59. The lowest BCUT2D eigenvalue weighted by Gasteiger charge is -2.26. The molecular weight excluding hydrogens is 219 g/mol. The normalized spacial score (nSPS) is 15.9. The van der Waals surface area contributed by atoms with Gasteiger partial charge in [0.25, 0.3) is 0 Å².